The molecule has 0 spiro atoms. The van der Waals surface area contributed by atoms with E-state index in [-0.39, 0.29) is 12.6 Å². The Hall–Kier alpha value is -2.49. The Morgan fingerprint density at radius 2 is 1.67 bits per heavy atom. The van der Waals surface area contributed by atoms with E-state index in [1.165, 1.54) is 11.6 Å². The Labute approximate surface area is 144 Å². The third-order valence-electron chi connectivity index (χ3n) is 3.05. The second kappa shape index (κ2) is 10.3. The molecule has 0 radical (unpaired) electrons. The molecule has 4 nitrogen and oxygen atoms in total. The van der Waals surface area contributed by atoms with E-state index in [0.717, 1.165) is 11.1 Å². The number of methoxy groups -OCH3 is 1. The number of hydrogen-bond acceptors (Lipinski definition) is 4. The van der Waals surface area contributed by atoms with Crippen LogP contribution in [0.25, 0.3) is 6.08 Å². The lowest BCUT2D eigenvalue weighted by atomic mass is 10.2. The minimum atomic E-state index is -0.379. The van der Waals surface area contributed by atoms with Crippen molar-refractivity contribution in [3.8, 4) is 11.5 Å². The molecule has 130 valence electrons. The molecule has 0 fully saturated rings. The van der Waals surface area contributed by atoms with Crippen LogP contribution in [-0.4, -0.2) is 26.3 Å². The van der Waals surface area contributed by atoms with Crippen molar-refractivity contribution in [1.29, 1.82) is 0 Å². The average Bonchev–Trinajstić information content (AvgIpc) is 2.52. The molecule has 0 amide bonds. The molecule has 0 saturated heterocycles. The van der Waals surface area contributed by atoms with Crippen LogP contribution in [0, 0.1) is 0 Å². The van der Waals surface area contributed by atoms with Crippen LogP contribution in [0.3, 0.4) is 0 Å². The topological polar surface area (TPSA) is 44.8 Å². The summed E-state index contributed by atoms with van der Waals surface area (Å²) in [6.45, 7) is 8.69. The summed E-state index contributed by atoms with van der Waals surface area (Å²) in [5.74, 6) is 0.908. The first-order valence-electron chi connectivity index (χ1n) is 7.84. The van der Waals surface area contributed by atoms with E-state index < -0.39 is 0 Å². The van der Waals surface area contributed by atoms with Crippen molar-refractivity contribution in [2.75, 3.05) is 20.3 Å². The number of allylic oxidation sites excluding steroid dienone is 2. The summed E-state index contributed by atoms with van der Waals surface area (Å²) in [5, 5.41) is 0. The van der Waals surface area contributed by atoms with Crippen LogP contribution in [0.4, 0.5) is 0 Å². The van der Waals surface area contributed by atoms with Gasteiger partial charge in [0.1, 0.15) is 13.2 Å². The minimum Gasteiger partial charge on any atom is -0.493 e. The lowest BCUT2D eigenvalue weighted by molar-refractivity contribution is -0.136. The van der Waals surface area contributed by atoms with Crippen molar-refractivity contribution in [2.24, 2.45) is 0 Å². The van der Waals surface area contributed by atoms with Gasteiger partial charge in [0.05, 0.1) is 7.11 Å². The first kappa shape index (κ1) is 19.6. The molecule has 0 N–H and O–H groups in total. The van der Waals surface area contributed by atoms with Gasteiger partial charge in [-0.2, -0.15) is 0 Å². The highest BCUT2D eigenvalue weighted by Gasteiger charge is 2.05. The van der Waals surface area contributed by atoms with E-state index in [1.54, 1.807) is 13.2 Å². The summed E-state index contributed by atoms with van der Waals surface area (Å²) in [4.78, 5) is 11.7. The second-order valence-electron chi connectivity index (χ2n) is 5.75. The number of benzene rings is 1. The van der Waals surface area contributed by atoms with Gasteiger partial charge in [0.15, 0.2) is 11.5 Å². The molecule has 0 aliphatic rings. The Bertz CT molecular complexity index is 631. The molecule has 0 heterocycles. The predicted molar refractivity (Wildman–Crippen MR) is 97.3 cm³/mol. The van der Waals surface area contributed by atoms with E-state index in [0.29, 0.717) is 18.1 Å². The van der Waals surface area contributed by atoms with Crippen molar-refractivity contribution in [3.63, 3.8) is 0 Å². The van der Waals surface area contributed by atoms with Crippen LogP contribution < -0.4 is 9.47 Å². The average molecular weight is 330 g/mol. The number of hydrogen-bond donors (Lipinski definition) is 0. The molecule has 0 atom stereocenters. The number of carbonyl (C=O) groups is 1. The van der Waals surface area contributed by atoms with Gasteiger partial charge in [0.2, 0.25) is 0 Å². The van der Waals surface area contributed by atoms with Gasteiger partial charge in [-0.1, -0.05) is 17.2 Å². The third-order valence-corrected chi connectivity index (χ3v) is 3.05. The summed E-state index contributed by atoms with van der Waals surface area (Å²) in [5.41, 5.74) is 3.13. The molecule has 24 heavy (non-hydrogen) atoms. The van der Waals surface area contributed by atoms with Crippen molar-refractivity contribution >= 4 is 12.0 Å². The molecule has 0 bridgehead atoms. The fraction of sp³-hybridized carbons (Fsp3) is 0.350. The molecule has 1 rings (SSSR count). The van der Waals surface area contributed by atoms with Crippen molar-refractivity contribution in [3.05, 3.63) is 53.1 Å². The maximum absolute atomic E-state index is 11.7. The van der Waals surface area contributed by atoms with Crippen LogP contribution in [0.2, 0.25) is 0 Å². The Balaban J connectivity index is 2.74. The highest BCUT2D eigenvalue weighted by Crippen LogP contribution is 2.28. The predicted octanol–water partition coefficient (Wildman–Crippen LogP) is 4.56. The van der Waals surface area contributed by atoms with Crippen LogP contribution in [0.1, 0.15) is 33.3 Å². The van der Waals surface area contributed by atoms with E-state index in [1.807, 2.05) is 58.0 Å². The molecule has 1 aromatic carbocycles. The number of ether oxygens (including phenoxy) is 3. The van der Waals surface area contributed by atoms with E-state index in [9.17, 15) is 4.79 Å². The largest absolute Gasteiger partial charge is 0.493 e. The van der Waals surface area contributed by atoms with Gasteiger partial charge in [0, 0.05) is 6.08 Å². The Morgan fingerprint density at radius 1 is 1.00 bits per heavy atom. The Kier molecular flexibility index (Phi) is 8.41. The van der Waals surface area contributed by atoms with E-state index >= 15 is 0 Å². The zero-order valence-electron chi connectivity index (χ0n) is 15.1. The number of esters is 1. The zero-order chi connectivity index (χ0) is 17.9. The van der Waals surface area contributed by atoms with E-state index in [2.05, 4.69) is 0 Å². The maximum atomic E-state index is 11.7. The molecular weight excluding hydrogens is 304 g/mol. The van der Waals surface area contributed by atoms with E-state index in [4.69, 9.17) is 14.2 Å². The third kappa shape index (κ3) is 7.68. The number of carbonyl (C=O) groups excluding carboxylic acids is 1. The monoisotopic (exact) mass is 330 g/mol. The van der Waals surface area contributed by atoms with Crippen LogP contribution in [-0.2, 0) is 9.53 Å². The second-order valence-corrected chi connectivity index (χ2v) is 5.75. The van der Waals surface area contributed by atoms with Crippen molar-refractivity contribution in [1.82, 2.24) is 0 Å². The van der Waals surface area contributed by atoms with Crippen LogP contribution in [0.15, 0.2) is 47.6 Å². The van der Waals surface area contributed by atoms with Gasteiger partial charge in [-0.15, -0.1) is 0 Å². The van der Waals surface area contributed by atoms with Crippen LogP contribution in [0.5, 0.6) is 11.5 Å². The number of rotatable bonds is 8. The fourth-order valence-electron chi connectivity index (χ4n) is 1.71. The highest BCUT2D eigenvalue weighted by molar-refractivity contribution is 5.87. The van der Waals surface area contributed by atoms with Gasteiger partial charge in [-0.3, -0.25) is 0 Å². The van der Waals surface area contributed by atoms with Crippen molar-refractivity contribution < 1.29 is 19.0 Å². The van der Waals surface area contributed by atoms with Gasteiger partial charge in [-0.05, 0) is 63.6 Å². The van der Waals surface area contributed by atoms with Crippen LogP contribution >= 0.6 is 0 Å². The molecule has 0 aromatic heterocycles. The molecule has 0 saturated carbocycles. The van der Waals surface area contributed by atoms with Gasteiger partial charge >= 0.3 is 5.97 Å². The molecular formula is C20H26O4. The molecule has 0 unspecified atom stereocenters. The van der Waals surface area contributed by atoms with Gasteiger partial charge in [0.25, 0.3) is 0 Å². The quantitative estimate of drug-likeness (QED) is 0.398. The normalized spacial score (nSPS) is 10.2. The summed E-state index contributed by atoms with van der Waals surface area (Å²) in [6.07, 6.45) is 6.94. The Morgan fingerprint density at radius 3 is 2.29 bits per heavy atom. The summed E-state index contributed by atoms with van der Waals surface area (Å²) in [7, 11) is 1.60. The summed E-state index contributed by atoms with van der Waals surface area (Å²) >= 11 is 0. The minimum absolute atomic E-state index is 0.283. The lowest BCUT2D eigenvalue weighted by Gasteiger charge is -2.10. The molecule has 0 aliphatic carbocycles. The first-order chi connectivity index (χ1) is 11.4. The smallest absolute Gasteiger partial charge is 0.331 e. The lowest BCUT2D eigenvalue weighted by Crippen LogP contribution is -2.00. The summed E-state index contributed by atoms with van der Waals surface area (Å²) in [6, 6.07) is 5.50. The summed E-state index contributed by atoms with van der Waals surface area (Å²) < 4.78 is 16.1. The van der Waals surface area contributed by atoms with Gasteiger partial charge < -0.3 is 14.2 Å². The highest BCUT2D eigenvalue weighted by atomic mass is 16.5. The fourth-order valence-corrected chi connectivity index (χ4v) is 1.71. The first-order valence-corrected chi connectivity index (χ1v) is 7.84. The molecule has 4 heteroatoms. The molecule has 1 aromatic rings. The standard InChI is InChI=1S/C20H26O4/c1-15(2)10-12-23-19-14-17(6-8-18(19)22-5)7-9-20(21)24-13-11-16(3)4/h6-11,14H,12-13H2,1-5H3. The van der Waals surface area contributed by atoms with Crippen molar-refractivity contribution in [2.45, 2.75) is 27.7 Å². The SMILES string of the molecule is COc1ccc(C=CC(=O)OCC=C(C)C)cc1OCC=C(C)C. The maximum Gasteiger partial charge on any atom is 0.331 e. The van der Waals surface area contributed by atoms with Gasteiger partial charge in [-0.25, -0.2) is 4.79 Å². The molecule has 0 aliphatic heterocycles. The zero-order valence-corrected chi connectivity index (χ0v) is 15.1.